The van der Waals surface area contributed by atoms with E-state index >= 15 is 0 Å². The number of ether oxygens (including phenoxy) is 1. The lowest BCUT2D eigenvalue weighted by Crippen LogP contribution is -2.70. The smallest absolute Gasteiger partial charge is 0.380 e. The van der Waals surface area contributed by atoms with E-state index in [0.717, 1.165) is 28.5 Å². The summed E-state index contributed by atoms with van der Waals surface area (Å²) in [5, 5.41) is 18.4. The zero-order valence-corrected chi connectivity index (χ0v) is 32.2. The number of β-lactam (4-membered cyclic amide) rings is 1. The van der Waals surface area contributed by atoms with Crippen LogP contribution in [0.3, 0.4) is 0 Å². The van der Waals surface area contributed by atoms with Crippen LogP contribution in [0.15, 0.2) is 137 Å². The van der Waals surface area contributed by atoms with Crippen LogP contribution in [0.2, 0.25) is 0 Å². The second-order valence-electron chi connectivity index (χ2n) is 13.4. The van der Waals surface area contributed by atoms with Gasteiger partial charge in [-0.2, -0.15) is 0 Å². The Morgan fingerprint density at radius 1 is 0.909 bits per heavy atom. The SMILES string of the molecule is CON=C(C(=O)NC1C(=O)NC1CSC(C(=O)C(=O)OC(C)(C)C)=C1C=CC=CN1)c1csc(NC(c2ccccc2)(c2ccccc2)c2ccccc2)n1. The predicted molar refractivity (Wildman–Crippen MR) is 214 cm³/mol. The van der Waals surface area contributed by atoms with E-state index in [1.807, 2.05) is 54.6 Å². The number of hydrogen-bond donors (Lipinski definition) is 4. The number of carbonyl (C=O) groups is 4. The van der Waals surface area contributed by atoms with Crippen molar-refractivity contribution >= 4 is 57.5 Å². The summed E-state index contributed by atoms with van der Waals surface area (Å²) in [6, 6.07) is 28.6. The summed E-state index contributed by atoms with van der Waals surface area (Å²) >= 11 is 2.36. The summed E-state index contributed by atoms with van der Waals surface area (Å²) in [5.41, 5.74) is 1.72. The normalized spacial score (nSPS) is 17.6. The van der Waals surface area contributed by atoms with Crippen molar-refractivity contribution in [2.75, 3.05) is 18.2 Å². The topological polar surface area (TPSA) is 160 Å². The van der Waals surface area contributed by atoms with Gasteiger partial charge in [-0.05, 0) is 49.6 Å². The first kappa shape index (κ1) is 38.7. The standard InChI is InChI=1S/C41H40N6O6S2/c1-40(2,3)53-38(51)34(48)35(29-22-14-15-23-42-29)54-24-30-32(36(49)43-30)45-37(50)33(47-52-4)31-25-55-39(44-31)46-41(26-16-8-5-9-17-26,27-18-10-6-11-19-27)28-20-12-7-13-21-28/h5-23,25,30,32,42H,24H2,1-4H3,(H,43,49)(H,44,46)(H,45,50). The molecule has 4 N–H and O–H groups in total. The molecule has 12 nitrogen and oxygen atoms in total. The molecule has 282 valence electrons. The maximum absolute atomic E-state index is 13.8. The Labute approximate surface area is 327 Å². The Kier molecular flexibility index (Phi) is 12.0. The molecular formula is C41H40N6O6S2. The number of benzene rings is 3. The van der Waals surface area contributed by atoms with E-state index in [1.54, 1.807) is 50.6 Å². The zero-order chi connectivity index (χ0) is 39.0. The lowest BCUT2D eigenvalue weighted by molar-refractivity contribution is -0.160. The number of nitrogens with zero attached hydrogens (tertiary/aromatic N) is 2. The van der Waals surface area contributed by atoms with Crippen molar-refractivity contribution in [2.45, 2.75) is 44.0 Å². The number of thioether (sulfide) groups is 1. The van der Waals surface area contributed by atoms with Gasteiger partial charge in [0.15, 0.2) is 10.8 Å². The third kappa shape index (κ3) is 8.88. The minimum atomic E-state index is -0.999. The van der Waals surface area contributed by atoms with Crippen molar-refractivity contribution in [3.05, 3.63) is 154 Å². The van der Waals surface area contributed by atoms with Crippen LogP contribution in [0.4, 0.5) is 5.13 Å². The fourth-order valence-electron chi connectivity index (χ4n) is 6.02. The molecule has 0 spiro atoms. The quantitative estimate of drug-likeness (QED) is 0.0248. The Bertz CT molecular complexity index is 2060. The van der Waals surface area contributed by atoms with E-state index in [9.17, 15) is 19.2 Å². The highest BCUT2D eigenvalue weighted by atomic mass is 32.2. The fraction of sp³-hybridized carbons (Fsp3) is 0.220. The maximum Gasteiger partial charge on any atom is 0.380 e. The molecule has 1 fully saturated rings. The molecule has 2 aliphatic rings. The highest BCUT2D eigenvalue weighted by Gasteiger charge is 2.42. The van der Waals surface area contributed by atoms with Crippen LogP contribution in [0.1, 0.15) is 43.2 Å². The number of amides is 2. The van der Waals surface area contributed by atoms with Gasteiger partial charge in [0.25, 0.3) is 11.7 Å². The summed E-state index contributed by atoms with van der Waals surface area (Å²) in [5.74, 6) is -2.76. The Hall–Kier alpha value is -5.99. The molecule has 2 atom stereocenters. The summed E-state index contributed by atoms with van der Waals surface area (Å²) in [7, 11) is 1.32. The molecule has 1 saturated heterocycles. The number of esters is 1. The van der Waals surface area contributed by atoms with Gasteiger partial charge in [-0.25, -0.2) is 9.78 Å². The molecule has 3 aromatic carbocycles. The van der Waals surface area contributed by atoms with E-state index in [1.165, 1.54) is 18.4 Å². The van der Waals surface area contributed by atoms with E-state index in [0.29, 0.717) is 10.8 Å². The number of aromatic nitrogens is 1. The average molecular weight is 777 g/mol. The van der Waals surface area contributed by atoms with Crippen molar-refractivity contribution in [3.63, 3.8) is 0 Å². The minimum absolute atomic E-state index is 0.114. The molecular weight excluding hydrogens is 737 g/mol. The van der Waals surface area contributed by atoms with Gasteiger partial charge < -0.3 is 30.8 Å². The molecule has 6 rings (SSSR count). The van der Waals surface area contributed by atoms with Gasteiger partial charge in [-0.1, -0.05) is 102 Å². The largest absolute Gasteiger partial charge is 0.454 e. The number of hydrogen-bond acceptors (Lipinski definition) is 12. The molecule has 0 radical (unpaired) electrons. The van der Waals surface area contributed by atoms with E-state index < -0.39 is 46.8 Å². The van der Waals surface area contributed by atoms with Crippen molar-refractivity contribution in [3.8, 4) is 0 Å². The monoisotopic (exact) mass is 776 g/mol. The second kappa shape index (κ2) is 17.0. The number of rotatable bonds is 14. The Morgan fingerprint density at radius 3 is 2.02 bits per heavy atom. The number of Topliss-reactive ketones (excluding diaryl/α,β-unsaturated/α-hetero) is 1. The summed E-state index contributed by atoms with van der Waals surface area (Å²) < 4.78 is 5.33. The van der Waals surface area contributed by atoms with E-state index in [-0.39, 0.29) is 22.1 Å². The van der Waals surface area contributed by atoms with Crippen molar-refractivity contribution in [1.82, 2.24) is 20.9 Å². The third-order valence-electron chi connectivity index (χ3n) is 8.51. The molecule has 55 heavy (non-hydrogen) atoms. The number of nitrogens with one attached hydrogen (secondary N) is 4. The lowest BCUT2D eigenvalue weighted by Gasteiger charge is -2.37. The Morgan fingerprint density at radius 2 is 1.51 bits per heavy atom. The zero-order valence-electron chi connectivity index (χ0n) is 30.6. The van der Waals surface area contributed by atoms with E-state index in [4.69, 9.17) is 14.6 Å². The van der Waals surface area contributed by atoms with Crippen LogP contribution >= 0.6 is 23.1 Å². The average Bonchev–Trinajstić information content (AvgIpc) is 3.66. The fourth-order valence-corrected chi connectivity index (χ4v) is 7.89. The molecule has 2 unspecified atom stereocenters. The van der Waals surface area contributed by atoms with Crippen LogP contribution in [-0.2, 0) is 34.3 Å². The molecule has 1 aromatic heterocycles. The van der Waals surface area contributed by atoms with Crippen molar-refractivity contribution < 1.29 is 28.8 Å². The van der Waals surface area contributed by atoms with Crippen LogP contribution in [0.5, 0.6) is 0 Å². The van der Waals surface area contributed by atoms with Crippen LogP contribution < -0.4 is 21.3 Å². The van der Waals surface area contributed by atoms with Gasteiger partial charge in [0, 0.05) is 17.3 Å². The number of dihydropyridines is 1. The highest BCUT2D eigenvalue weighted by Crippen LogP contribution is 2.40. The number of thiazole rings is 1. The molecule has 0 saturated carbocycles. The predicted octanol–water partition coefficient (Wildman–Crippen LogP) is 5.41. The van der Waals surface area contributed by atoms with Crippen molar-refractivity contribution in [2.24, 2.45) is 5.16 Å². The summed E-state index contributed by atoms with van der Waals surface area (Å²) in [6.45, 7) is 5.02. The molecule has 2 aliphatic heterocycles. The molecule has 0 aliphatic carbocycles. The molecule has 14 heteroatoms. The lowest BCUT2D eigenvalue weighted by atomic mass is 9.77. The summed E-state index contributed by atoms with van der Waals surface area (Å²) in [4.78, 5) is 62.6. The van der Waals surface area contributed by atoms with Crippen LogP contribution in [-0.4, -0.2) is 64.8 Å². The van der Waals surface area contributed by atoms with Gasteiger partial charge in [-0.15, -0.1) is 23.1 Å². The molecule has 3 heterocycles. The van der Waals surface area contributed by atoms with Crippen LogP contribution in [0, 0.1) is 0 Å². The molecule has 4 aromatic rings. The van der Waals surface area contributed by atoms with Gasteiger partial charge >= 0.3 is 5.97 Å². The summed E-state index contributed by atoms with van der Waals surface area (Å²) in [6.07, 6.45) is 6.77. The van der Waals surface area contributed by atoms with Gasteiger partial charge in [0.1, 0.15) is 30.0 Å². The minimum Gasteiger partial charge on any atom is -0.454 e. The Balaban J connectivity index is 1.22. The third-order valence-corrected chi connectivity index (χ3v) is 10.5. The maximum atomic E-state index is 13.8. The number of allylic oxidation sites excluding steroid dienone is 3. The first-order valence-corrected chi connectivity index (χ1v) is 19.2. The van der Waals surface area contributed by atoms with Gasteiger partial charge in [0.05, 0.1) is 16.6 Å². The van der Waals surface area contributed by atoms with Gasteiger partial charge in [0.2, 0.25) is 5.91 Å². The molecule has 2 amide bonds. The van der Waals surface area contributed by atoms with Gasteiger partial charge in [-0.3, -0.25) is 14.4 Å². The number of ketones is 1. The number of oxime groups is 1. The number of carbonyl (C=O) groups excluding carboxylic acids is 4. The number of anilines is 1. The first-order chi connectivity index (χ1) is 26.5. The first-order valence-electron chi connectivity index (χ1n) is 17.4. The second-order valence-corrected chi connectivity index (χ2v) is 15.3. The van der Waals surface area contributed by atoms with E-state index in [2.05, 4.69) is 62.8 Å². The molecule has 0 bridgehead atoms. The van der Waals surface area contributed by atoms with Crippen LogP contribution in [0.25, 0.3) is 0 Å². The van der Waals surface area contributed by atoms with Crippen molar-refractivity contribution in [1.29, 1.82) is 0 Å². The highest BCUT2D eigenvalue weighted by molar-refractivity contribution is 8.04.